The zero-order valence-electron chi connectivity index (χ0n) is 11.1. The Morgan fingerprint density at radius 2 is 1.90 bits per heavy atom. The third-order valence-corrected chi connectivity index (χ3v) is 3.00. The number of aryl methyl sites for hydroxylation is 1. The number of benzene rings is 2. The zero-order chi connectivity index (χ0) is 14.7. The van der Waals surface area contributed by atoms with Crippen molar-refractivity contribution in [2.45, 2.75) is 6.92 Å². The maximum absolute atomic E-state index is 11.2. The van der Waals surface area contributed by atoms with Crippen LogP contribution in [0.3, 0.4) is 0 Å². The number of ether oxygens (including phenoxy) is 1. The first-order chi connectivity index (χ1) is 9.56. The summed E-state index contributed by atoms with van der Waals surface area (Å²) in [5, 5.41) is 11.2. The van der Waals surface area contributed by atoms with Crippen molar-refractivity contribution in [1.29, 1.82) is 0 Å². The third kappa shape index (κ3) is 2.51. The lowest BCUT2D eigenvalue weighted by atomic mass is 9.99. The summed E-state index contributed by atoms with van der Waals surface area (Å²) in [5.74, 6) is 0.490. The standard InChI is InChI=1S/C15H13NO4/c1-10-3-5-14(16(18)19)12(7-10)13-8-11(9-17)4-6-15(13)20-2/h3-9H,1-2H3. The molecule has 0 atom stereocenters. The number of hydrogen-bond acceptors (Lipinski definition) is 4. The molecule has 0 saturated carbocycles. The fourth-order valence-electron chi connectivity index (χ4n) is 2.03. The zero-order valence-corrected chi connectivity index (χ0v) is 11.1. The summed E-state index contributed by atoms with van der Waals surface area (Å²) >= 11 is 0. The van der Waals surface area contributed by atoms with Gasteiger partial charge < -0.3 is 4.74 Å². The second-order valence-electron chi connectivity index (χ2n) is 4.36. The maximum Gasteiger partial charge on any atom is 0.277 e. The molecule has 0 N–H and O–H groups in total. The molecule has 0 saturated heterocycles. The van der Waals surface area contributed by atoms with Crippen molar-refractivity contribution in [3.8, 4) is 16.9 Å². The summed E-state index contributed by atoms with van der Waals surface area (Å²) < 4.78 is 5.24. The van der Waals surface area contributed by atoms with E-state index in [1.54, 1.807) is 30.3 Å². The van der Waals surface area contributed by atoms with E-state index < -0.39 is 4.92 Å². The molecule has 0 aromatic heterocycles. The SMILES string of the molecule is COc1ccc(C=O)cc1-c1cc(C)ccc1[N+](=O)[O-]. The van der Waals surface area contributed by atoms with Gasteiger partial charge in [0.25, 0.3) is 5.69 Å². The molecule has 2 aromatic carbocycles. The van der Waals surface area contributed by atoms with Crippen molar-refractivity contribution in [2.24, 2.45) is 0 Å². The number of carbonyl (C=O) groups is 1. The van der Waals surface area contributed by atoms with Crippen LogP contribution in [0, 0.1) is 17.0 Å². The van der Waals surface area contributed by atoms with E-state index in [-0.39, 0.29) is 5.69 Å². The molecule has 0 fully saturated rings. The minimum absolute atomic E-state index is 0.0167. The van der Waals surface area contributed by atoms with Gasteiger partial charge >= 0.3 is 0 Å². The highest BCUT2D eigenvalue weighted by molar-refractivity contribution is 5.84. The average molecular weight is 271 g/mol. The molecule has 0 amide bonds. The van der Waals surface area contributed by atoms with Gasteiger partial charge in [-0.3, -0.25) is 14.9 Å². The van der Waals surface area contributed by atoms with E-state index in [4.69, 9.17) is 4.74 Å². The molecular weight excluding hydrogens is 258 g/mol. The Bertz CT molecular complexity index is 680. The van der Waals surface area contributed by atoms with Crippen LogP contribution in [0.25, 0.3) is 11.1 Å². The molecular formula is C15H13NO4. The van der Waals surface area contributed by atoms with E-state index in [1.807, 2.05) is 6.92 Å². The number of nitro groups is 1. The van der Waals surface area contributed by atoms with E-state index in [2.05, 4.69) is 0 Å². The van der Waals surface area contributed by atoms with Crippen LogP contribution in [0.5, 0.6) is 5.75 Å². The van der Waals surface area contributed by atoms with Gasteiger partial charge in [0.1, 0.15) is 12.0 Å². The largest absolute Gasteiger partial charge is 0.496 e. The van der Waals surface area contributed by atoms with Crippen molar-refractivity contribution in [3.63, 3.8) is 0 Å². The van der Waals surface area contributed by atoms with Gasteiger partial charge in [-0.2, -0.15) is 0 Å². The van der Waals surface area contributed by atoms with Crippen molar-refractivity contribution in [1.82, 2.24) is 0 Å². The Kier molecular flexibility index (Phi) is 3.79. The molecule has 0 spiro atoms. The van der Waals surface area contributed by atoms with Gasteiger partial charge in [-0.05, 0) is 31.2 Å². The Morgan fingerprint density at radius 3 is 2.50 bits per heavy atom. The van der Waals surface area contributed by atoms with Crippen LogP contribution < -0.4 is 4.74 Å². The Labute approximate surface area is 116 Å². The van der Waals surface area contributed by atoms with Gasteiger partial charge in [-0.15, -0.1) is 0 Å². The van der Waals surface area contributed by atoms with Crippen LogP contribution in [0.15, 0.2) is 36.4 Å². The Morgan fingerprint density at radius 1 is 1.15 bits per heavy atom. The predicted molar refractivity (Wildman–Crippen MR) is 75.2 cm³/mol. The van der Waals surface area contributed by atoms with E-state index >= 15 is 0 Å². The summed E-state index contributed by atoms with van der Waals surface area (Å²) in [7, 11) is 1.49. The number of methoxy groups -OCH3 is 1. The van der Waals surface area contributed by atoms with Crippen molar-refractivity contribution in [3.05, 3.63) is 57.6 Å². The molecule has 5 heteroatoms. The fourth-order valence-corrected chi connectivity index (χ4v) is 2.03. The second kappa shape index (κ2) is 5.52. The molecule has 2 aromatic rings. The molecule has 0 aliphatic rings. The number of aldehydes is 1. The van der Waals surface area contributed by atoms with Crippen molar-refractivity contribution in [2.75, 3.05) is 7.11 Å². The average Bonchev–Trinajstić information content (AvgIpc) is 2.46. The maximum atomic E-state index is 11.2. The van der Waals surface area contributed by atoms with Crippen LogP contribution in [-0.4, -0.2) is 18.3 Å². The summed E-state index contributed by atoms with van der Waals surface area (Å²) in [5.41, 5.74) is 2.29. The van der Waals surface area contributed by atoms with E-state index in [1.165, 1.54) is 13.2 Å². The lowest BCUT2D eigenvalue weighted by Gasteiger charge is -2.10. The highest BCUT2D eigenvalue weighted by atomic mass is 16.6. The van der Waals surface area contributed by atoms with E-state index in [0.29, 0.717) is 28.7 Å². The molecule has 0 radical (unpaired) electrons. The molecule has 20 heavy (non-hydrogen) atoms. The predicted octanol–water partition coefficient (Wildman–Crippen LogP) is 3.39. The van der Waals surface area contributed by atoms with Crippen molar-refractivity contribution >= 4 is 12.0 Å². The van der Waals surface area contributed by atoms with Crippen molar-refractivity contribution < 1.29 is 14.5 Å². The fraction of sp³-hybridized carbons (Fsp3) is 0.133. The van der Waals surface area contributed by atoms with Crippen LogP contribution in [0.2, 0.25) is 0 Å². The quantitative estimate of drug-likeness (QED) is 0.485. The number of nitrogens with zero attached hydrogens (tertiary/aromatic N) is 1. The summed E-state index contributed by atoms with van der Waals surface area (Å²) in [6.07, 6.45) is 0.699. The lowest BCUT2D eigenvalue weighted by Crippen LogP contribution is -1.96. The van der Waals surface area contributed by atoms with Crippen LogP contribution in [-0.2, 0) is 0 Å². The number of carbonyl (C=O) groups excluding carboxylic acids is 1. The molecule has 0 aliphatic heterocycles. The van der Waals surface area contributed by atoms with Gasteiger partial charge in [0.2, 0.25) is 0 Å². The minimum atomic E-state index is -0.443. The first kappa shape index (κ1) is 13.7. The van der Waals surface area contributed by atoms with Gasteiger partial charge in [0.15, 0.2) is 0 Å². The number of hydrogen-bond donors (Lipinski definition) is 0. The first-order valence-electron chi connectivity index (χ1n) is 5.95. The molecule has 5 nitrogen and oxygen atoms in total. The molecule has 0 bridgehead atoms. The van der Waals surface area contributed by atoms with Crippen LogP contribution in [0.1, 0.15) is 15.9 Å². The van der Waals surface area contributed by atoms with Gasteiger partial charge in [-0.25, -0.2) is 0 Å². The van der Waals surface area contributed by atoms with Crippen LogP contribution >= 0.6 is 0 Å². The monoisotopic (exact) mass is 271 g/mol. The molecule has 0 heterocycles. The normalized spacial score (nSPS) is 10.1. The van der Waals surface area contributed by atoms with Gasteiger partial charge in [-0.1, -0.05) is 11.6 Å². The summed E-state index contributed by atoms with van der Waals surface area (Å²) in [4.78, 5) is 21.6. The molecule has 2 rings (SSSR count). The minimum Gasteiger partial charge on any atom is -0.496 e. The summed E-state index contributed by atoms with van der Waals surface area (Å²) in [6.45, 7) is 1.85. The van der Waals surface area contributed by atoms with Gasteiger partial charge in [0, 0.05) is 17.2 Å². The molecule has 0 unspecified atom stereocenters. The highest BCUT2D eigenvalue weighted by Gasteiger charge is 2.18. The second-order valence-corrected chi connectivity index (χ2v) is 4.36. The third-order valence-electron chi connectivity index (χ3n) is 3.00. The summed E-state index contributed by atoms with van der Waals surface area (Å²) in [6, 6.07) is 9.68. The number of nitro benzene ring substituents is 1. The molecule has 0 aliphatic carbocycles. The highest BCUT2D eigenvalue weighted by Crippen LogP contribution is 2.37. The lowest BCUT2D eigenvalue weighted by molar-refractivity contribution is -0.384. The van der Waals surface area contributed by atoms with E-state index in [0.717, 1.165) is 5.56 Å². The topological polar surface area (TPSA) is 69.4 Å². The Hall–Kier alpha value is -2.69. The van der Waals surface area contributed by atoms with Crippen LogP contribution in [0.4, 0.5) is 5.69 Å². The smallest absolute Gasteiger partial charge is 0.277 e. The molecule has 102 valence electrons. The first-order valence-corrected chi connectivity index (χ1v) is 5.95. The number of rotatable bonds is 4. The van der Waals surface area contributed by atoms with E-state index in [9.17, 15) is 14.9 Å². The Balaban J connectivity index is 2.75. The van der Waals surface area contributed by atoms with Gasteiger partial charge in [0.05, 0.1) is 17.6 Å².